The van der Waals surface area contributed by atoms with Gasteiger partial charge >= 0.3 is 0 Å². The van der Waals surface area contributed by atoms with Crippen LogP contribution in [0.2, 0.25) is 0 Å². The quantitative estimate of drug-likeness (QED) is 0.625. The minimum Gasteiger partial charge on any atom is -0.367 e. The first-order chi connectivity index (χ1) is 13.0. The lowest BCUT2D eigenvalue weighted by atomic mass is 10.1. The van der Waals surface area contributed by atoms with E-state index in [1.54, 1.807) is 28.9 Å². The van der Waals surface area contributed by atoms with Crippen LogP contribution in [0.5, 0.6) is 0 Å². The number of aryl methyl sites for hydroxylation is 2. The van der Waals surface area contributed by atoms with Gasteiger partial charge in [-0.1, -0.05) is 18.2 Å². The first kappa shape index (κ1) is 18.5. The van der Waals surface area contributed by atoms with Crippen molar-refractivity contribution in [3.8, 4) is 5.82 Å². The van der Waals surface area contributed by atoms with Gasteiger partial charge in [-0.15, -0.1) is 10.2 Å². The van der Waals surface area contributed by atoms with Gasteiger partial charge in [-0.05, 0) is 43.7 Å². The molecule has 8 heteroatoms. The summed E-state index contributed by atoms with van der Waals surface area (Å²) in [6.07, 6.45) is 0.0177. The molecule has 0 saturated heterocycles. The number of benzene rings is 1. The number of rotatable bonds is 7. The van der Waals surface area contributed by atoms with E-state index in [1.807, 2.05) is 26.0 Å². The summed E-state index contributed by atoms with van der Waals surface area (Å²) in [7, 11) is 0. The molecule has 1 aromatic carbocycles. The minimum atomic E-state index is -0.372. The Morgan fingerprint density at radius 1 is 1.11 bits per heavy atom. The van der Waals surface area contributed by atoms with E-state index < -0.39 is 0 Å². The summed E-state index contributed by atoms with van der Waals surface area (Å²) in [6.45, 7) is 4.76. The number of nitrogens with zero attached hydrogens (tertiary/aromatic N) is 4. The van der Waals surface area contributed by atoms with Crippen LogP contribution in [0.25, 0.3) is 5.82 Å². The zero-order chi connectivity index (χ0) is 19.2. The van der Waals surface area contributed by atoms with Crippen LogP contribution in [-0.2, 0) is 11.2 Å². The third-order valence-electron chi connectivity index (χ3n) is 3.94. The van der Waals surface area contributed by atoms with Crippen molar-refractivity contribution in [1.82, 2.24) is 25.3 Å². The highest BCUT2D eigenvalue weighted by Gasteiger charge is 2.08. The zero-order valence-electron chi connectivity index (χ0n) is 15.2. The lowest BCUT2D eigenvalue weighted by Gasteiger charge is -2.08. The van der Waals surface area contributed by atoms with Gasteiger partial charge in [-0.3, -0.25) is 4.79 Å². The number of carbonyl (C=O) groups is 1. The smallest absolute Gasteiger partial charge is 0.224 e. The van der Waals surface area contributed by atoms with E-state index >= 15 is 0 Å². The molecule has 1 amide bonds. The van der Waals surface area contributed by atoms with Crippen LogP contribution in [0.4, 0.5) is 10.2 Å². The molecule has 0 fully saturated rings. The van der Waals surface area contributed by atoms with Gasteiger partial charge in [-0.2, -0.15) is 5.10 Å². The van der Waals surface area contributed by atoms with Crippen molar-refractivity contribution in [2.75, 3.05) is 18.4 Å². The Labute approximate surface area is 156 Å². The standard InChI is InChI=1S/C19H21FN6O/c1-13-11-14(2)26(25-13)18-8-7-17(23-24-18)21-9-10-22-19(27)12-15-5-3-4-6-16(15)20/h3-8,11H,9-10,12H2,1-2H3,(H,21,23)(H,22,27). The molecule has 0 saturated carbocycles. The number of hydrogen-bond acceptors (Lipinski definition) is 5. The second-order valence-electron chi connectivity index (χ2n) is 6.16. The Kier molecular flexibility index (Phi) is 5.75. The van der Waals surface area contributed by atoms with Crippen LogP contribution in [0.15, 0.2) is 42.5 Å². The predicted octanol–water partition coefficient (Wildman–Crippen LogP) is 2.19. The van der Waals surface area contributed by atoms with Crippen molar-refractivity contribution >= 4 is 11.7 Å². The van der Waals surface area contributed by atoms with E-state index in [-0.39, 0.29) is 18.1 Å². The maximum absolute atomic E-state index is 13.5. The van der Waals surface area contributed by atoms with Crippen molar-refractivity contribution in [3.05, 3.63) is 65.2 Å². The molecule has 3 aromatic rings. The molecule has 2 heterocycles. The fraction of sp³-hybridized carbons (Fsp3) is 0.263. The van der Waals surface area contributed by atoms with Crippen molar-refractivity contribution in [2.24, 2.45) is 0 Å². The highest BCUT2D eigenvalue weighted by Crippen LogP contribution is 2.10. The average Bonchev–Trinajstić information content (AvgIpc) is 2.99. The Bertz CT molecular complexity index is 922. The van der Waals surface area contributed by atoms with Gasteiger partial charge in [0.05, 0.1) is 12.1 Å². The lowest BCUT2D eigenvalue weighted by Crippen LogP contribution is -2.30. The van der Waals surface area contributed by atoms with Crippen LogP contribution in [0.1, 0.15) is 17.0 Å². The van der Waals surface area contributed by atoms with Crippen molar-refractivity contribution in [3.63, 3.8) is 0 Å². The fourth-order valence-corrected chi connectivity index (χ4v) is 2.66. The maximum atomic E-state index is 13.5. The molecular weight excluding hydrogens is 347 g/mol. The van der Waals surface area contributed by atoms with Crippen LogP contribution in [0, 0.1) is 19.7 Å². The van der Waals surface area contributed by atoms with Gasteiger partial charge < -0.3 is 10.6 Å². The van der Waals surface area contributed by atoms with E-state index in [0.717, 1.165) is 11.4 Å². The summed E-state index contributed by atoms with van der Waals surface area (Å²) in [5.41, 5.74) is 2.29. The van der Waals surface area contributed by atoms with E-state index in [0.29, 0.717) is 30.3 Å². The number of nitrogens with one attached hydrogen (secondary N) is 2. The van der Waals surface area contributed by atoms with E-state index in [2.05, 4.69) is 25.9 Å². The largest absolute Gasteiger partial charge is 0.367 e. The molecule has 0 bridgehead atoms. The number of aromatic nitrogens is 4. The molecule has 2 aromatic heterocycles. The van der Waals surface area contributed by atoms with E-state index in [4.69, 9.17) is 0 Å². The molecule has 0 aliphatic carbocycles. The summed E-state index contributed by atoms with van der Waals surface area (Å²) >= 11 is 0. The summed E-state index contributed by atoms with van der Waals surface area (Å²) in [6, 6.07) is 11.9. The SMILES string of the molecule is Cc1cc(C)n(-c2ccc(NCCNC(=O)Cc3ccccc3F)nn2)n1. The van der Waals surface area contributed by atoms with Crippen LogP contribution in [0.3, 0.4) is 0 Å². The van der Waals surface area contributed by atoms with Gasteiger partial charge in [0.2, 0.25) is 5.91 Å². The molecule has 0 spiro atoms. The molecule has 0 atom stereocenters. The van der Waals surface area contributed by atoms with Crippen LogP contribution in [-0.4, -0.2) is 39.0 Å². The Hall–Kier alpha value is -3.29. The third-order valence-corrected chi connectivity index (χ3v) is 3.94. The zero-order valence-corrected chi connectivity index (χ0v) is 15.2. The summed E-state index contributed by atoms with van der Waals surface area (Å²) in [5, 5.41) is 18.5. The van der Waals surface area contributed by atoms with Crippen LogP contribution < -0.4 is 10.6 Å². The number of halogens is 1. The molecule has 0 unspecified atom stereocenters. The maximum Gasteiger partial charge on any atom is 0.224 e. The van der Waals surface area contributed by atoms with Gasteiger partial charge in [0, 0.05) is 18.8 Å². The summed E-state index contributed by atoms with van der Waals surface area (Å²) in [5.74, 6) is 0.643. The first-order valence-electron chi connectivity index (χ1n) is 8.64. The van der Waals surface area contributed by atoms with Gasteiger partial charge in [0.1, 0.15) is 11.6 Å². The Balaban J connectivity index is 1.45. The minimum absolute atomic E-state index is 0.0177. The molecular formula is C19H21FN6O. The molecule has 3 rings (SSSR count). The topological polar surface area (TPSA) is 84.7 Å². The first-order valence-corrected chi connectivity index (χ1v) is 8.64. The second kappa shape index (κ2) is 8.39. The highest BCUT2D eigenvalue weighted by atomic mass is 19.1. The van der Waals surface area contributed by atoms with Crippen molar-refractivity contribution in [2.45, 2.75) is 20.3 Å². The molecule has 27 heavy (non-hydrogen) atoms. The average molecular weight is 368 g/mol. The predicted molar refractivity (Wildman–Crippen MR) is 100 cm³/mol. The lowest BCUT2D eigenvalue weighted by molar-refractivity contribution is -0.120. The number of anilines is 1. The number of hydrogen-bond donors (Lipinski definition) is 2. The second-order valence-corrected chi connectivity index (χ2v) is 6.16. The fourth-order valence-electron chi connectivity index (χ4n) is 2.66. The highest BCUT2D eigenvalue weighted by molar-refractivity contribution is 5.78. The Morgan fingerprint density at radius 3 is 2.59 bits per heavy atom. The van der Waals surface area contributed by atoms with Gasteiger partial charge in [0.25, 0.3) is 0 Å². The summed E-state index contributed by atoms with van der Waals surface area (Å²) < 4.78 is 15.3. The van der Waals surface area contributed by atoms with Crippen LogP contribution >= 0.6 is 0 Å². The van der Waals surface area contributed by atoms with E-state index in [9.17, 15) is 9.18 Å². The van der Waals surface area contributed by atoms with Crippen molar-refractivity contribution in [1.29, 1.82) is 0 Å². The third kappa shape index (κ3) is 4.87. The monoisotopic (exact) mass is 368 g/mol. The summed E-state index contributed by atoms with van der Waals surface area (Å²) in [4.78, 5) is 11.9. The molecule has 2 N–H and O–H groups in total. The van der Waals surface area contributed by atoms with Crippen molar-refractivity contribution < 1.29 is 9.18 Å². The molecule has 0 aliphatic heterocycles. The number of amides is 1. The van der Waals surface area contributed by atoms with Gasteiger partial charge in [0.15, 0.2) is 5.82 Å². The normalized spacial score (nSPS) is 10.6. The molecule has 7 nitrogen and oxygen atoms in total. The molecule has 140 valence electrons. The van der Waals surface area contributed by atoms with E-state index in [1.165, 1.54) is 6.07 Å². The Morgan fingerprint density at radius 2 is 1.93 bits per heavy atom. The molecule has 0 aliphatic rings. The number of carbonyl (C=O) groups excluding carboxylic acids is 1. The van der Waals surface area contributed by atoms with Gasteiger partial charge in [-0.25, -0.2) is 9.07 Å². The molecule has 0 radical (unpaired) electrons.